The summed E-state index contributed by atoms with van der Waals surface area (Å²) >= 11 is 7.57. The quantitative estimate of drug-likeness (QED) is 0.802. The largest absolute Gasteiger partial charge is 0.397 e. The molecule has 1 atom stereocenters. The maximum absolute atomic E-state index is 12.1. The van der Waals surface area contributed by atoms with Crippen molar-refractivity contribution in [1.82, 2.24) is 0 Å². The molecule has 1 saturated carbocycles. The van der Waals surface area contributed by atoms with Crippen LogP contribution in [0.4, 0.5) is 11.4 Å². The monoisotopic (exact) mass is 312 g/mol. The fourth-order valence-electron chi connectivity index (χ4n) is 2.41. The lowest BCUT2D eigenvalue weighted by Gasteiger charge is -2.15. The molecule has 3 nitrogen and oxygen atoms in total. The van der Waals surface area contributed by atoms with E-state index in [1.165, 1.54) is 25.7 Å². The van der Waals surface area contributed by atoms with Crippen molar-refractivity contribution < 1.29 is 4.79 Å². The van der Waals surface area contributed by atoms with E-state index in [4.69, 9.17) is 17.3 Å². The summed E-state index contributed by atoms with van der Waals surface area (Å²) in [5.41, 5.74) is 6.97. The van der Waals surface area contributed by atoms with Crippen molar-refractivity contribution >= 4 is 40.6 Å². The number of hydrogen-bond donors (Lipinski definition) is 2. The number of benzene rings is 1. The molecular formula is C15H21ClN2OS. The van der Waals surface area contributed by atoms with Crippen LogP contribution >= 0.6 is 23.4 Å². The number of hydrogen-bond acceptors (Lipinski definition) is 3. The molecule has 3 N–H and O–H groups in total. The van der Waals surface area contributed by atoms with Crippen molar-refractivity contribution in [1.29, 1.82) is 0 Å². The van der Waals surface area contributed by atoms with Crippen LogP contribution in [0.25, 0.3) is 0 Å². The minimum absolute atomic E-state index is 0.00187. The number of carbonyl (C=O) groups is 1. The highest BCUT2D eigenvalue weighted by molar-refractivity contribution is 8.00. The van der Waals surface area contributed by atoms with Gasteiger partial charge in [0.15, 0.2) is 0 Å². The molecule has 0 radical (unpaired) electrons. The molecule has 0 bridgehead atoms. The summed E-state index contributed by atoms with van der Waals surface area (Å²) in [6, 6.07) is 5.11. The summed E-state index contributed by atoms with van der Waals surface area (Å²) in [5.74, 6) is 1.86. The second-order valence-corrected chi connectivity index (χ2v) is 7.16. The van der Waals surface area contributed by atoms with E-state index in [1.54, 1.807) is 30.0 Å². The zero-order valence-corrected chi connectivity index (χ0v) is 13.3. The van der Waals surface area contributed by atoms with Crippen molar-refractivity contribution in [2.75, 3.05) is 16.8 Å². The molecule has 110 valence electrons. The number of thioether (sulfide) groups is 1. The van der Waals surface area contributed by atoms with Crippen LogP contribution in [0.2, 0.25) is 5.02 Å². The topological polar surface area (TPSA) is 55.1 Å². The van der Waals surface area contributed by atoms with Gasteiger partial charge in [-0.1, -0.05) is 24.4 Å². The molecule has 1 aliphatic carbocycles. The maximum Gasteiger partial charge on any atom is 0.237 e. The van der Waals surface area contributed by atoms with Crippen molar-refractivity contribution in [3.63, 3.8) is 0 Å². The number of amides is 1. The highest BCUT2D eigenvalue weighted by atomic mass is 35.5. The van der Waals surface area contributed by atoms with Gasteiger partial charge < -0.3 is 11.1 Å². The normalized spacial score (nSPS) is 17.1. The Balaban J connectivity index is 1.83. The third-order valence-corrected chi connectivity index (χ3v) is 5.31. The summed E-state index contributed by atoms with van der Waals surface area (Å²) in [6.45, 7) is 1.95. The molecule has 2 rings (SSSR count). The molecule has 1 amide bonds. The van der Waals surface area contributed by atoms with Crippen LogP contribution in [0.1, 0.15) is 32.6 Å². The first-order valence-corrected chi connectivity index (χ1v) is 8.46. The van der Waals surface area contributed by atoms with Gasteiger partial charge >= 0.3 is 0 Å². The van der Waals surface area contributed by atoms with Crippen LogP contribution in [-0.4, -0.2) is 16.9 Å². The molecule has 1 aromatic carbocycles. The zero-order valence-electron chi connectivity index (χ0n) is 11.7. The predicted molar refractivity (Wildman–Crippen MR) is 88.4 cm³/mol. The Morgan fingerprint density at radius 3 is 2.85 bits per heavy atom. The molecule has 20 heavy (non-hydrogen) atoms. The fraction of sp³-hybridized carbons (Fsp3) is 0.533. The number of carbonyl (C=O) groups excluding carboxylic acids is 1. The van der Waals surface area contributed by atoms with E-state index in [0.29, 0.717) is 16.4 Å². The lowest BCUT2D eigenvalue weighted by molar-refractivity contribution is -0.115. The SMILES string of the molecule is CC(SCC1CCCC1)C(=O)Nc1ccc(Cl)cc1N. The maximum atomic E-state index is 12.1. The van der Waals surface area contributed by atoms with Gasteiger partial charge in [-0.2, -0.15) is 0 Å². The summed E-state index contributed by atoms with van der Waals surface area (Å²) in [6.07, 6.45) is 5.30. The van der Waals surface area contributed by atoms with Crippen LogP contribution < -0.4 is 11.1 Å². The van der Waals surface area contributed by atoms with Crippen LogP contribution in [0, 0.1) is 5.92 Å². The molecule has 1 aliphatic rings. The third-order valence-electron chi connectivity index (χ3n) is 3.70. The van der Waals surface area contributed by atoms with E-state index in [2.05, 4.69) is 5.32 Å². The second kappa shape index (κ2) is 7.23. The van der Waals surface area contributed by atoms with Crippen molar-refractivity contribution in [2.24, 2.45) is 5.92 Å². The number of anilines is 2. The Hall–Kier alpha value is -0.870. The third kappa shape index (κ3) is 4.32. The van der Waals surface area contributed by atoms with Gasteiger partial charge in [-0.25, -0.2) is 0 Å². The minimum Gasteiger partial charge on any atom is -0.397 e. The van der Waals surface area contributed by atoms with E-state index in [-0.39, 0.29) is 11.2 Å². The number of nitrogens with one attached hydrogen (secondary N) is 1. The summed E-state index contributed by atoms with van der Waals surface area (Å²) in [5, 5.41) is 3.38. The fourth-order valence-corrected chi connectivity index (χ4v) is 3.70. The molecule has 5 heteroatoms. The van der Waals surface area contributed by atoms with Crippen LogP contribution in [0.15, 0.2) is 18.2 Å². The number of nitrogens with two attached hydrogens (primary N) is 1. The Bertz CT molecular complexity index is 475. The highest BCUT2D eigenvalue weighted by Crippen LogP contribution is 2.30. The Kier molecular flexibility index (Phi) is 5.61. The Labute approximate surface area is 129 Å². The van der Waals surface area contributed by atoms with Gasteiger partial charge in [-0.15, -0.1) is 11.8 Å². The van der Waals surface area contributed by atoms with Crippen molar-refractivity contribution in [2.45, 2.75) is 37.9 Å². The number of halogens is 1. The summed E-state index contributed by atoms with van der Waals surface area (Å²) in [4.78, 5) is 12.1. The lowest BCUT2D eigenvalue weighted by atomic mass is 10.1. The van der Waals surface area contributed by atoms with Crippen molar-refractivity contribution in [3.05, 3.63) is 23.2 Å². The summed E-state index contributed by atoms with van der Waals surface area (Å²) < 4.78 is 0. The van der Waals surface area contributed by atoms with E-state index in [0.717, 1.165) is 11.7 Å². The Morgan fingerprint density at radius 1 is 1.50 bits per heavy atom. The van der Waals surface area contributed by atoms with E-state index in [9.17, 15) is 4.79 Å². The number of nitrogen functional groups attached to an aromatic ring is 1. The van der Waals surface area contributed by atoms with Gasteiger partial charge in [0.05, 0.1) is 16.6 Å². The molecule has 1 fully saturated rings. The molecule has 0 heterocycles. The molecular weight excluding hydrogens is 292 g/mol. The first-order chi connectivity index (χ1) is 9.56. The van der Waals surface area contributed by atoms with E-state index in [1.807, 2.05) is 6.92 Å². The smallest absolute Gasteiger partial charge is 0.237 e. The van der Waals surface area contributed by atoms with Gasteiger partial charge in [-0.05, 0) is 49.6 Å². The van der Waals surface area contributed by atoms with Gasteiger partial charge in [0, 0.05) is 5.02 Å². The van der Waals surface area contributed by atoms with E-state index >= 15 is 0 Å². The van der Waals surface area contributed by atoms with E-state index < -0.39 is 0 Å². The molecule has 0 spiro atoms. The summed E-state index contributed by atoms with van der Waals surface area (Å²) in [7, 11) is 0. The first-order valence-electron chi connectivity index (χ1n) is 7.03. The van der Waals surface area contributed by atoms with Crippen LogP contribution in [0.3, 0.4) is 0 Å². The molecule has 0 saturated heterocycles. The lowest BCUT2D eigenvalue weighted by Crippen LogP contribution is -2.24. The first kappa shape index (κ1) is 15.5. The molecule has 0 aliphatic heterocycles. The van der Waals surface area contributed by atoms with Crippen molar-refractivity contribution in [3.8, 4) is 0 Å². The number of rotatable bonds is 5. The van der Waals surface area contributed by atoms with Crippen LogP contribution in [0.5, 0.6) is 0 Å². The average Bonchev–Trinajstić information content (AvgIpc) is 2.92. The molecule has 1 aromatic rings. The average molecular weight is 313 g/mol. The minimum atomic E-state index is -0.0642. The second-order valence-electron chi connectivity index (χ2n) is 5.35. The zero-order chi connectivity index (χ0) is 14.5. The molecule has 1 unspecified atom stereocenters. The predicted octanol–water partition coefficient (Wildman–Crippen LogP) is 4.17. The van der Waals surface area contributed by atoms with Crippen LogP contribution in [-0.2, 0) is 4.79 Å². The Morgan fingerprint density at radius 2 is 2.20 bits per heavy atom. The molecule has 0 aromatic heterocycles. The van der Waals surface area contributed by atoms with Gasteiger partial charge in [-0.3, -0.25) is 4.79 Å². The van der Waals surface area contributed by atoms with Gasteiger partial charge in [0.25, 0.3) is 0 Å². The van der Waals surface area contributed by atoms with Gasteiger partial charge in [0.2, 0.25) is 5.91 Å². The van der Waals surface area contributed by atoms with Gasteiger partial charge in [0.1, 0.15) is 0 Å². The highest BCUT2D eigenvalue weighted by Gasteiger charge is 2.19. The standard InChI is InChI=1S/C15H21ClN2OS/c1-10(20-9-11-4-2-3-5-11)15(19)18-14-7-6-12(16)8-13(14)17/h6-8,10-11H,2-5,9,17H2,1H3,(H,18,19).